The summed E-state index contributed by atoms with van der Waals surface area (Å²) in [7, 11) is 0. The van der Waals surface area contributed by atoms with Gasteiger partial charge in [0.05, 0.1) is 0 Å². The average Bonchev–Trinajstić information content (AvgIpc) is 3.44. The van der Waals surface area contributed by atoms with Crippen molar-refractivity contribution in [3.05, 3.63) is 72.9 Å². The highest BCUT2D eigenvalue weighted by atomic mass is 16.6. The lowest BCUT2D eigenvalue weighted by atomic mass is 10.0. The molecule has 452 valence electrons. The number of esters is 3. The highest BCUT2D eigenvalue weighted by molar-refractivity contribution is 5.71. The van der Waals surface area contributed by atoms with Gasteiger partial charge in [-0.05, 0) is 70.6 Å². The van der Waals surface area contributed by atoms with Crippen molar-refractivity contribution in [2.45, 2.75) is 354 Å². The van der Waals surface area contributed by atoms with Crippen LogP contribution in [0.2, 0.25) is 0 Å². The van der Waals surface area contributed by atoms with Crippen molar-refractivity contribution in [2.75, 3.05) is 13.2 Å². The Morgan fingerprint density at radius 3 is 0.782 bits per heavy atom. The van der Waals surface area contributed by atoms with Crippen molar-refractivity contribution in [3.8, 4) is 0 Å². The molecule has 78 heavy (non-hydrogen) atoms. The van der Waals surface area contributed by atoms with E-state index in [1.54, 1.807) is 0 Å². The van der Waals surface area contributed by atoms with Crippen molar-refractivity contribution in [2.24, 2.45) is 0 Å². The second-order valence-electron chi connectivity index (χ2n) is 22.7. The van der Waals surface area contributed by atoms with Gasteiger partial charge >= 0.3 is 17.9 Å². The molecule has 0 heterocycles. The van der Waals surface area contributed by atoms with Crippen molar-refractivity contribution >= 4 is 17.9 Å². The van der Waals surface area contributed by atoms with Gasteiger partial charge in [0.2, 0.25) is 0 Å². The minimum absolute atomic E-state index is 0.0844. The van der Waals surface area contributed by atoms with E-state index < -0.39 is 6.10 Å². The Morgan fingerprint density at radius 2 is 0.500 bits per heavy atom. The molecule has 6 nitrogen and oxygen atoms in total. The zero-order valence-electron chi connectivity index (χ0n) is 51.9. The monoisotopic (exact) mass is 1090 g/mol. The van der Waals surface area contributed by atoms with Crippen LogP contribution < -0.4 is 0 Å². The Kier molecular flexibility index (Phi) is 63.7. The molecule has 0 fully saturated rings. The molecule has 0 N–H and O–H groups in total. The molecule has 0 aromatic carbocycles. The molecule has 0 spiro atoms. The molecule has 0 aliphatic carbocycles. The second kappa shape index (κ2) is 66.4. The quantitative estimate of drug-likeness (QED) is 0.0261. The fourth-order valence-corrected chi connectivity index (χ4v) is 9.92. The molecule has 1 unspecified atom stereocenters. The second-order valence-corrected chi connectivity index (χ2v) is 22.7. The zero-order chi connectivity index (χ0) is 56.4. The normalized spacial score (nSPS) is 12.5. The lowest BCUT2D eigenvalue weighted by Gasteiger charge is -2.18. The predicted molar refractivity (Wildman–Crippen MR) is 339 cm³/mol. The fourth-order valence-electron chi connectivity index (χ4n) is 9.92. The molecule has 0 saturated carbocycles. The Balaban J connectivity index is 4.41. The smallest absolute Gasteiger partial charge is 0.306 e. The Labute approximate surface area is 484 Å². The maximum absolute atomic E-state index is 12.9. The summed E-state index contributed by atoms with van der Waals surface area (Å²) < 4.78 is 17.0. The Bertz CT molecular complexity index is 1440. The number of allylic oxidation sites excluding steroid dienone is 12. The third-order valence-electron chi connectivity index (χ3n) is 15.0. The molecule has 0 bridgehead atoms. The minimum Gasteiger partial charge on any atom is -0.462 e. The standard InChI is InChI=1S/C72H128O6/c1-4-7-10-13-16-19-22-25-28-31-34-36-38-41-44-47-50-53-56-59-62-65-71(74)77-68-69(67-76-70(73)64-61-58-55-52-49-46-43-40-33-30-27-24-21-18-15-12-9-6-3)78-72(75)66-63-60-57-54-51-48-45-42-39-37-35-32-29-26-23-20-17-14-11-8-5-2/h7,10,16,19,25,28,34,36,41,44,50,53,69H,4-6,8-9,11-15,17-18,20-24,26-27,29-33,35,37-40,42-43,45-49,51-52,54-68H2,1-3H3/b10-7-,19-16-,28-25-,36-34-,44-41-,53-50-. The summed E-state index contributed by atoms with van der Waals surface area (Å²) in [5.74, 6) is -0.907. The van der Waals surface area contributed by atoms with Gasteiger partial charge in [-0.25, -0.2) is 0 Å². The van der Waals surface area contributed by atoms with E-state index in [0.29, 0.717) is 19.3 Å². The largest absolute Gasteiger partial charge is 0.462 e. The van der Waals surface area contributed by atoms with Gasteiger partial charge in [-0.2, -0.15) is 0 Å². The first-order valence-electron chi connectivity index (χ1n) is 33.9. The number of hydrogen-bond acceptors (Lipinski definition) is 6. The summed E-state index contributed by atoms with van der Waals surface area (Å²) in [4.78, 5) is 38.4. The molecular formula is C72H128O6. The van der Waals surface area contributed by atoms with Crippen molar-refractivity contribution in [1.29, 1.82) is 0 Å². The molecule has 0 aliphatic rings. The number of rotatable bonds is 62. The highest BCUT2D eigenvalue weighted by Gasteiger charge is 2.19. The van der Waals surface area contributed by atoms with E-state index in [0.717, 1.165) is 96.3 Å². The van der Waals surface area contributed by atoms with Crippen LogP contribution in [-0.2, 0) is 28.6 Å². The lowest BCUT2D eigenvalue weighted by Crippen LogP contribution is -2.30. The van der Waals surface area contributed by atoms with Crippen molar-refractivity contribution in [3.63, 3.8) is 0 Å². The Morgan fingerprint density at radius 1 is 0.269 bits per heavy atom. The van der Waals surface area contributed by atoms with E-state index >= 15 is 0 Å². The van der Waals surface area contributed by atoms with E-state index in [1.165, 1.54) is 212 Å². The molecule has 0 aliphatic heterocycles. The van der Waals surface area contributed by atoms with Gasteiger partial charge in [-0.15, -0.1) is 0 Å². The third kappa shape index (κ3) is 63.7. The summed E-state index contributed by atoms with van der Waals surface area (Å²) in [5.41, 5.74) is 0. The summed E-state index contributed by atoms with van der Waals surface area (Å²) in [6.07, 6.45) is 86.3. The highest BCUT2D eigenvalue weighted by Crippen LogP contribution is 2.18. The third-order valence-corrected chi connectivity index (χ3v) is 15.0. The molecule has 1 atom stereocenters. The summed E-state index contributed by atoms with van der Waals surface area (Å²) in [6.45, 7) is 6.55. The van der Waals surface area contributed by atoms with Crippen LogP contribution in [0.25, 0.3) is 0 Å². The topological polar surface area (TPSA) is 78.9 Å². The van der Waals surface area contributed by atoms with Crippen LogP contribution in [0, 0.1) is 0 Å². The minimum atomic E-state index is -0.792. The Hall–Kier alpha value is -3.15. The molecule has 0 aromatic rings. The van der Waals surface area contributed by atoms with Gasteiger partial charge < -0.3 is 14.2 Å². The zero-order valence-corrected chi connectivity index (χ0v) is 51.9. The van der Waals surface area contributed by atoms with Crippen LogP contribution in [0.5, 0.6) is 0 Å². The van der Waals surface area contributed by atoms with Gasteiger partial charge in [0.15, 0.2) is 6.10 Å². The molecule has 0 saturated heterocycles. The van der Waals surface area contributed by atoms with Gasteiger partial charge in [0.25, 0.3) is 0 Å². The number of carbonyl (C=O) groups is 3. The van der Waals surface area contributed by atoms with Crippen LogP contribution in [0.15, 0.2) is 72.9 Å². The van der Waals surface area contributed by atoms with E-state index in [9.17, 15) is 14.4 Å². The predicted octanol–water partition coefficient (Wildman–Crippen LogP) is 23.3. The first kappa shape index (κ1) is 74.8. The average molecular weight is 1090 g/mol. The van der Waals surface area contributed by atoms with E-state index in [1.807, 2.05) is 0 Å². The van der Waals surface area contributed by atoms with Crippen molar-refractivity contribution in [1.82, 2.24) is 0 Å². The summed E-state index contributed by atoms with van der Waals surface area (Å²) >= 11 is 0. The maximum atomic E-state index is 12.9. The molecular weight excluding hydrogens is 961 g/mol. The number of unbranched alkanes of at least 4 members (excludes halogenated alkanes) is 39. The molecule has 0 radical (unpaired) electrons. The van der Waals surface area contributed by atoms with E-state index in [4.69, 9.17) is 14.2 Å². The van der Waals surface area contributed by atoms with E-state index in [-0.39, 0.29) is 31.1 Å². The number of carbonyl (C=O) groups excluding carboxylic acids is 3. The molecule has 0 amide bonds. The van der Waals surface area contributed by atoms with Crippen LogP contribution in [0.4, 0.5) is 0 Å². The summed E-state index contributed by atoms with van der Waals surface area (Å²) in [5, 5.41) is 0. The number of ether oxygens (including phenoxy) is 3. The van der Waals surface area contributed by atoms with Gasteiger partial charge in [-0.1, -0.05) is 331 Å². The van der Waals surface area contributed by atoms with E-state index in [2.05, 4.69) is 93.7 Å². The summed E-state index contributed by atoms with van der Waals surface area (Å²) in [6, 6.07) is 0. The molecule has 0 rings (SSSR count). The lowest BCUT2D eigenvalue weighted by molar-refractivity contribution is -0.167. The number of hydrogen-bond donors (Lipinski definition) is 0. The van der Waals surface area contributed by atoms with Crippen LogP contribution in [-0.4, -0.2) is 37.2 Å². The van der Waals surface area contributed by atoms with Gasteiger partial charge in [0.1, 0.15) is 13.2 Å². The van der Waals surface area contributed by atoms with Crippen molar-refractivity contribution < 1.29 is 28.6 Å². The van der Waals surface area contributed by atoms with Crippen LogP contribution in [0.1, 0.15) is 348 Å². The maximum Gasteiger partial charge on any atom is 0.306 e. The fraction of sp³-hybridized carbons (Fsp3) is 0.792. The van der Waals surface area contributed by atoms with Gasteiger partial charge in [-0.3, -0.25) is 14.4 Å². The van der Waals surface area contributed by atoms with Gasteiger partial charge in [0, 0.05) is 19.3 Å². The SMILES string of the molecule is CC/C=C\C/C=C\C/C=C\C/C=C\C/C=C\C/C=C\CCCCC(=O)OCC(COC(=O)CCCCCCCCCCCCCCCCCCCC)OC(=O)CCCCCCCCCCCCCCCCCCCCCCC. The molecule has 6 heteroatoms. The molecule has 0 aromatic heterocycles. The van der Waals surface area contributed by atoms with Crippen LogP contribution >= 0.6 is 0 Å². The first-order chi connectivity index (χ1) is 38.5. The first-order valence-corrected chi connectivity index (χ1v) is 33.9. The van der Waals surface area contributed by atoms with Crippen LogP contribution in [0.3, 0.4) is 0 Å².